The zero-order valence-corrected chi connectivity index (χ0v) is 17.5. The van der Waals surface area contributed by atoms with Crippen LogP contribution in [0.4, 0.5) is 5.69 Å². The number of benzene rings is 1. The number of nitrogens with two attached hydrogens (primary N) is 1. The minimum Gasteiger partial charge on any atom is -0.453 e. The second-order valence-electron chi connectivity index (χ2n) is 6.58. The number of anilines is 1. The van der Waals surface area contributed by atoms with Gasteiger partial charge in [-0.25, -0.2) is 0 Å². The molecular weight excluding hydrogens is 362 g/mol. The standard InChI is InChI=1S/C20H31N3O3S/c1-15(2)20(18(14-24)26-16(3)25)27-19-9-7-6-8-17(19)23(5)13-12-22(4)11-10-21/h6-9,14,18,20H,1,10-13,21H2,2-5H3. The Morgan fingerprint density at radius 2 is 1.93 bits per heavy atom. The maximum Gasteiger partial charge on any atom is 0.303 e. The summed E-state index contributed by atoms with van der Waals surface area (Å²) in [5.74, 6) is -0.479. The van der Waals surface area contributed by atoms with E-state index in [1.165, 1.54) is 18.7 Å². The number of esters is 1. The van der Waals surface area contributed by atoms with Crippen molar-refractivity contribution in [2.75, 3.05) is 45.2 Å². The van der Waals surface area contributed by atoms with Gasteiger partial charge in [0, 0.05) is 45.0 Å². The highest BCUT2D eigenvalue weighted by Crippen LogP contribution is 2.36. The van der Waals surface area contributed by atoms with Crippen LogP contribution in [0, 0.1) is 0 Å². The SMILES string of the molecule is C=C(C)C(Sc1ccccc1N(C)CCN(C)CCN)C(C=O)OC(C)=O. The van der Waals surface area contributed by atoms with E-state index in [-0.39, 0.29) is 5.25 Å². The maximum absolute atomic E-state index is 11.5. The Morgan fingerprint density at radius 3 is 2.48 bits per heavy atom. The number of hydrogen-bond donors (Lipinski definition) is 1. The van der Waals surface area contributed by atoms with Crippen molar-refractivity contribution in [1.82, 2.24) is 4.90 Å². The molecule has 0 fully saturated rings. The molecule has 6 nitrogen and oxygen atoms in total. The van der Waals surface area contributed by atoms with Gasteiger partial charge < -0.3 is 20.3 Å². The molecule has 0 amide bonds. The van der Waals surface area contributed by atoms with Crippen molar-refractivity contribution in [2.24, 2.45) is 5.73 Å². The number of carbonyl (C=O) groups excluding carboxylic acids is 2. The number of para-hydroxylation sites is 1. The summed E-state index contributed by atoms with van der Waals surface area (Å²) in [6.07, 6.45) is -0.193. The van der Waals surface area contributed by atoms with Gasteiger partial charge >= 0.3 is 5.97 Å². The van der Waals surface area contributed by atoms with E-state index in [0.717, 1.165) is 35.8 Å². The van der Waals surface area contributed by atoms with Crippen LogP contribution in [0.3, 0.4) is 0 Å². The van der Waals surface area contributed by atoms with E-state index in [1.54, 1.807) is 0 Å². The third kappa shape index (κ3) is 7.74. The molecule has 27 heavy (non-hydrogen) atoms. The predicted octanol–water partition coefficient (Wildman–Crippen LogP) is 2.18. The lowest BCUT2D eigenvalue weighted by molar-refractivity contribution is -0.148. The summed E-state index contributed by atoms with van der Waals surface area (Å²) >= 11 is 1.49. The molecule has 0 aromatic heterocycles. The summed E-state index contributed by atoms with van der Waals surface area (Å²) in [7, 11) is 4.08. The number of thioether (sulfide) groups is 1. The minimum atomic E-state index is -0.862. The molecule has 0 aliphatic carbocycles. The third-order valence-corrected chi connectivity index (χ3v) is 5.60. The van der Waals surface area contributed by atoms with Crippen molar-refractivity contribution in [3.63, 3.8) is 0 Å². The number of hydrogen-bond acceptors (Lipinski definition) is 7. The van der Waals surface area contributed by atoms with Crippen LogP contribution in [0.1, 0.15) is 13.8 Å². The fourth-order valence-corrected chi connectivity index (χ4v) is 3.81. The lowest BCUT2D eigenvalue weighted by atomic mass is 10.1. The molecule has 2 unspecified atom stereocenters. The van der Waals surface area contributed by atoms with E-state index in [9.17, 15) is 9.59 Å². The largest absolute Gasteiger partial charge is 0.453 e. The van der Waals surface area contributed by atoms with Gasteiger partial charge in [-0.3, -0.25) is 9.59 Å². The highest BCUT2D eigenvalue weighted by Gasteiger charge is 2.27. The second-order valence-corrected chi connectivity index (χ2v) is 7.76. The van der Waals surface area contributed by atoms with Crippen LogP contribution in [0.2, 0.25) is 0 Å². The van der Waals surface area contributed by atoms with E-state index in [4.69, 9.17) is 10.5 Å². The Labute approximate surface area is 166 Å². The molecule has 0 bridgehead atoms. The van der Waals surface area contributed by atoms with Crippen molar-refractivity contribution >= 4 is 29.7 Å². The average Bonchev–Trinajstić information content (AvgIpc) is 2.62. The first kappa shape index (κ1) is 23.2. The summed E-state index contributed by atoms with van der Waals surface area (Å²) in [5.41, 5.74) is 7.43. The monoisotopic (exact) mass is 393 g/mol. The second kappa shape index (κ2) is 11.8. The van der Waals surface area contributed by atoms with Crippen molar-refractivity contribution < 1.29 is 14.3 Å². The molecule has 0 spiro atoms. The molecule has 0 aliphatic heterocycles. The van der Waals surface area contributed by atoms with E-state index < -0.39 is 12.1 Å². The molecule has 0 heterocycles. The van der Waals surface area contributed by atoms with Gasteiger partial charge in [0.05, 0.1) is 10.9 Å². The van der Waals surface area contributed by atoms with E-state index >= 15 is 0 Å². The molecule has 0 radical (unpaired) electrons. The first-order chi connectivity index (χ1) is 12.8. The molecule has 1 aromatic rings. The van der Waals surface area contributed by atoms with Crippen LogP contribution < -0.4 is 10.6 Å². The smallest absolute Gasteiger partial charge is 0.303 e. The van der Waals surface area contributed by atoms with E-state index in [2.05, 4.69) is 16.4 Å². The van der Waals surface area contributed by atoms with Crippen molar-refractivity contribution in [1.29, 1.82) is 0 Å². The fraction of sp³-hybridized carbons (Fsp3) is 0.500. The van der Waals surface area contributed by atoms with Gasteiger partial charge in [0.25, 0.3) is 0 Å². The van der Waals surface area contributed by atoms with E-state index in [1.807, 2.05) is 45.3 Å². The first-order valence-corrected chi connectivity index (χ1v) is 9.81. The lowest BCUT2D eigenvalue weighted by Crippen LogP contribution is -2.34. The zero-order valence-electron chi connectivity index (χ0n) is 16.7. The van der Waals surface area contributed by atoms with Crippen LogP contribution in [0.25, 0.3) is 0 Å². The number of rotatable bonds is 12. The average molecular weight is 394 g/mol. The van der Waals surface area contributed by atoms with E-state index in [0.29, 0.717) is 12.8 Å². The Balaban J connectivity index is 2.96. The maximum atomic E-state index is 11.5. The molecule has 7 heteroatoms. The number of likely N-dealkylation sites (N-methyl/N-ethyl adjacent to an activating group) is 2. The Kier molecular flexibility index (Phi) is 10.1. The highest BCUT2D eigenvalue weighted by atomic mass is 32.2. The molecule has 1 aromatic carbocycles. The van der Waals surface area contributed by atoms with Crippen LogP contribution in [-0.2, 0) is 14.3 Å². The predicted molar refractivity (Wildman–Crippen MR) is 112 cm³/mol. The van der Waals surface area contributed by atoms with Crippen LogP contribution in [-0.4, -0.2) is 68.8 Å². The highest BCUT2D eigenvalue weighted by molar-refractivity contribution is 8.00. The lowest BCUT2D eigenvalue weighted by Gasteiger charge is -2.28. The summed E-state index contributed by atoms with van der Waals surface area (Å²) in [5, 5.41) is -0.346. The Bertz CT molecular complexity index is 639. The van der Waals surface area contributed by atoms with Gasteiger partial charge in [-0.15, -0.1) is 11.8 Å². The van der Waals surface area contributed by atoms with Crippen molar-refractivity contribution in [3.05, 3.63) is 36.4 Å². The topological polar surface area (TPSA) is 75.9 Å². The quantitative estimate of drug-likeness (QED) is 0.252. The van der Waals surface area contributed by atoms with Gasteiger partial charge in [-0.05, 0) is 26.1 Å². The summed E-state index contributed by atoms with van der Waals surface area (Å²) in [6.45, 7) is 10.3. The fourth-order valence-electron chi connectivity index (χ4n) is 2.58. The van der Waals surface area contributed by atoms with Gasteiger partial charge in [0.15, 0.2) is 12.4 Å². The molecule has 0 saturated carbocycles. The minimum absolute atomic E-state index is 0.346. The van der Waals surface area contributed by atoms with Gasteiger partial charge in [0.1, 0.15) is 0 Å². The van der Waals surface area contributed by atoms with Crippen LogP contribution in [0.15, 0.2) is 41.3 Å². The third-order valence-electron chi connectivity index (χ3n) is 4.08. The molecule has 2 N–H and O–H groups in total. The molecule has 1 rings (SSSR count). The number of ether oxygens (including phenoxy) is 1. The first-order valence-electron chi connectivity index (χ1n) is 8.93. The number of nitrogens with zero attached hydrogens (tertiary/aromatic N) is 2. The molecule has 0 aliphatic rings. The van der Waals surface area contributed by atoms with Crippen LogP contribution in [0.5, 0.6) is 0 Å². The number of aldehydes is 1. The normalized spacial score (nSPS) is 13.1. The zero-order chi connectivity index (χ0) is 20.4. The van der Waals surface area contributed by atoms with Crippen molar-refractivity contribution in [2.45, 2.75) is 30.1 Å². The number of carbonyl (C=O) groups is 2. The summed E-state index contributed by atoms with van der Waals surface area (Å²) in [6, 6.07) is 7.99. The molecular formula is C20H31N3O3S. The molecule has 150 valence electrons. The molecule has 2 atom stereocenters. The van der Waals surface area contributed by atoms with Gasteiger partial charge in [-0.2, -0.15) is 0 Å². The summed E-state index contributed by atoms with van der Waals surface area (Å²) in [4.78, 5) is 28.2. The Morgan fingerprint density at radius 1 is 1.26 bits per heavy atom. The van der Waals surface area contributed by atoms with Crippen molar-refractivity contribution in [3.8, 4) is 0 Å². The Hall–Kier alpha value is -1.83. The summed E-state index contributed by atoms with van der Waals surface area (Å²) < 4.78 is 5.18. The molecule has 0 saturated heterocycles. The van der Waals surface area contributed by atoms with Gasteiger partial charge in [0.2, 0.25) is 0 Å². The van der Waals surface area contributed by atoms with Gasteiger partial charge in [-0.1, -0.05) is 24.3 Å². The van der Waals surface area contributed by atoms with Crippen LogP contribution >= 0.6 is 11.8 Å².